The minimum Gasteiger partial charge on any atom is -0.456 e. The fourth-order valence-electron chi connectivity index (χ4n) is 5.55. The van der Waals surface area contributed by atoms with Gasteiger partial charge in [-0.2, -0.15) is 0 Å². The molecule has 1 aliphatic rings. The lowest BCUT2D eigenvalue weighted by molar-refractivity contribution is 0.669. The van der Waals surface area contributed by atoms with Gasteiger partial charge in [0.05, 0.1) is 0 Å². The third-order valence-corrected chi connectivity index (χ3v) is 7.41. The summed E-state index contributed by atoms with van der Waals surface area (Å²) in [4.78, 5) is 0. The average Bonchev–Trinajstić information content (AvgIpc) is 3.31. The molecule has 7 rings (SSSR count). The first kappa shape index (κ1) is 20.7. The predicted octanol–water partition coefficient (Wildman–Crippen LogP) is 8.60. The molecule has 3 N–H and O–H groups in total. The molecule has 36 heavy (non-hydrogen) atoms. The molecule has 1 aromatic heterocycles. The molecule has 0 atom stereocenters. The third-order valence-electron chi connectivity index (χ3n) is 7.41. The fraction of sp³-hybridized carbons (Fsp3) is 0.0606. The second kappa shape index (κ2) is 7.96. The van der Waals surface area contributed by atoms with Gasteiger partial charge < -0.3 is 10.2 Å². The summed E-state index contributed by atoms with van der Waals surface area (Å²) >= 11 is 0. The van der Waals surface area contributed by atoms with Crippen molar-refractivity contribution in [2.45, 2.75) is 12.8 Å². The third kappa shape index (κ3) is 3.24. The van der Waals surface area contributed by atoms with Crippen molar-refractivity contribution in [2.75, 3.05) is 0 Å². The molecule has 0 fully saturated rings. The van der Waals surface area contributed by atoms with Gasteiger partial charge >= 0.3 is 0 Å². The monoisotopic (exact) mass is 464 g/mol. The molecular weight excluding hydrogens is 440 g/mol. The Morgan fingerprint density at radius 2 is 1.47 bits per heavy atom. The van der Waals surface area contributed by atoms with Crippen molar-refractivity contribution in [3.05, 3.63) is 114 Å². The zero-order valence-corrected chi connectivity index (χ0v) is 19.7. The minimum atomic E-state index is 0.158. The summed E-state index contributed by atoms with van der Waals surface area (Å²) in [5, 5.41) is 15.1. The Balaban J connectivity index is 1.39. The van der Waals surface area contributed by atoms with E-state index >= 15 is 0 Å². The standard InChI is InChI=1S/C33H24N2O/c34-33(35)22-11-8-21(9-12-22)28-6-3-7-31-32(28)29-19-24(15-17-30(29)36-31)23-14-16-27-25(18-23)13-10-20-4-1-2-5-26(20)27/h1-8,10-11,13-19H,9,12H2,(H3,34,35). The number of nitrogens with two attached hydrogens (primary N) is 1. The van der Waals surface area contributed by atoms with Crippen LogP contribution in [0.2, 0.25) is 0 Å². The quantitative estimate of drug-likeness (QED) is 0.156. The van der Waals surface area contributed by atoms with Crippen LogP contribution in [0.3, 0.4) is 0 Å². The lowest BCUT2D eigenvalue weighted by atomic mass is 9.90. The van der Waals surface area contributed by atoms with E-state index in [0.717, 1.165) is 40.4 Å². The fourth-order valence-corrected chi connectivity index (χ4v) is 5.55. The lowest BCUT2D eigenvalue weighted by Gasteiger charge is -2.15. The lowest BCUT2D eigenvalue weighted by Crippen LogP contribution is -2.14. The highest BCUT2D eigenvalue weighted by Crippen LogP contribution is 2.39. The van der Waals surface area contributed by atoms with Crippen LogP contribution in [0.4, 0.5) is 0 Å². The van der Waals surface area contributed by atoms with Gasteiger partial charge in [-0.25, -0.2) is 0 Å². The maximum Gasteiger partial charge on any atom is 0.136 e. The summed E-state index contributed by atoms with van der Waals surface area (Å²) in [6, 6.07) is 32.4. The first-order chi connectivity index (χ1) is 17.7. The Morgan fingerprint density at radius 1 is 0.667 bits per heavy atom. The average molecular weight is 465 g/mol. The van der Waals surface area contributed by atoms with E-state index < -0.39 is 0 Å². The molecule has 0 radical (unpaired) electrons. The van der Waals surface area contributed by atoms with Crippen LogP contribution in [-0.4, -0.2) is 5.84 Å². The van der Waals surface area contributed by atoms with Crippen LogP contribution in [-0.2, 0) is 0 Å². The first-order valence-corrected chi connectivity index (χ1v) is 12.3. The van der Waals surface area contributed by atoms with Gasteiger partial charge in [-0.05, 0) is 86.5 Å². The number of hydrogen-bond donors (Lipinski definition) is 2. The van der Waals surface area contributed by atoms with Gasteiger partial charge in [0.15, 0.2) is 0 Å². The highest BCUT2D eigenvalue weighted by atomic mass is 16.3. The molecule has 0 aliphatic heterocycles. The molecule has 0 bridgehead atoms. The van der Waals surface area contributed by atoms with Crippen LogP contribution in [0, 0.1) is 5.41 Å². The summed E-state index contributed by atoms with van der Waals surface area (Å²) in [5.74, 6) is 0.158. The summed E-state index contributed by atoms with van der Waals surface area (Å²) in [6.45, 7) is 0. The smallest absolute Gasteiger partial charge is 0.136 e. The number of nitrogens with one attached hydrogen (secondary N) is 1. The van der Waals surface area contributed by atoms with Gasteiger partial charge in [0, 0.05) is 10.8 Å². The molecule has 3 heteroatoms. The van der Waals surface area contributed by atoms with Crippen molar-refractivity contribution < 1.29 is 4.42 Å². The van der Waals surface area contributed by atoms with Crippen molar-refractivity contribution >= 4 is 54.9 Å². The van der Waals surface area contributed by atoms with Gasteiger partial charge in [-0.1, -0.05) is 78.9 Å². The van der Waals surface area contributed by atoms with Crippen molar-refractivity contribution in [1.29, 1.82) is 5.41 Å². The van der Waals surface area contributed by atoms with Crippen LogP contribution < -0.4 is 5.73 Å². The van der Waals surface area contributed by atoms with Crippen LogP contribution >= 0.6 is 0 Å². The van der Waals surface area contributed by atoms with Gasteiger partial charge in [0.1, 0.15) is 17.0 Å². The minimum absolute atomic E-state index is 0.158. The van der Waals surface area contributed by atoms with Crippen molar-refractivity contribution in [3.63, 3.8) is 0 Å². The molecule has 1 heterocycles. The summed E-state index contributed by atoms with van der Waals surface area (Å²) in [6.07, 6.45) is 5.72. The van der Waals surface area contributed by atoms with E-state index in [9.17, 15) is 0 Å². The number of amidine groups is 1. The summed E-state index contributed by atoms with van der Waals surface area (Å²) in [5.41, 5.74) is 13.2. The highest BCUT2D eigenvalue weighted by Gasteiger charge is 2.17. The number of furan rings is 1. The Labute approximate surface area is 208 Å². The van der Waals surface area contributed by atoms with Gasteiger partial charge in [-0.15, -0.1) is 0 Å². The number of benzene rings is 5. The van der Waals surface area contributed by atoms with Crippen LogP contribution in [0.25, 0.3) is 60.2 Å². The molecule has 0 amide bonds. The molecule has 172 valence electrons. The number of fused-ring (bicyclic) bond motifs is 6. The molecule has 0 saturated heterocycles. The van der Waals surface area contributed by atoms with Crippen molar-refractivity contribution in [2.24, 2.45) is 5.73 Å². The predicted molar refractivity (Wildman–Crippen MR) is 151 cm³/mol. The molecule has 0 unspecified atom stereocenters. The SMILES string of the molecule is N=C(N)C1=CC=C(c2cccc3oc4ccc(-c5ccc6c(ccc7ccccc76)c5)cc4c23)CC1. The van der Waals surface area contributed by atoms with Gasteiger partial charge in [0.2, 0.25) is 0 Å². The summed E-state index contributed by atoms with van der Waals surface area (Å²) in [7, 11) is 0. The molecule has 3 nitrogen and oxygen atoms in total. The number of allylic oxidation sites excluding steroid dienone is 3. The second-order valence-electron chi connectivity index (χ2n) is 9.51. The second-order valence-corrected chi connectivity index (χ2v) is 9.51. The summed E-state index contributed by atoms with van der Waals surface area (Å²) < 4.78 is 6.26. The zero-order valence-electron chi connectivity index (χ0n) is 19.7. The van der Waals surface area contributed by atoms with E-state index in [1.165, 1.54) is 43.8 Å². The van der Waals surface area contributed by atoms with Crippen molar-refractivity contribution in [3.8, 4) is 11.1 Å². The maximum atomic E-state index is 7.73. The van der Waals surface area contributed by atoms with E-state index in [1.807, 2.05) is 12.1 Å². The Morgan fingerprint density at radius 3 is 2.33 bits per heavy atom. The molecule has 6 aromatic rings. The molecule has 5 aromatic carbocycles. The zero-order chi connectivity index (χ0) is 24.2. The largest absolute Gasteiger partial charge is 0.456 e. The Hall–Kier alpha value is -4.63. The van der Waals surface area contributed by atoms with E-state index in [2.05, 4.69) is 91.0 Å². The maximum absolute atomic E-state index is 7.73. The number of hydrogen-bond acceptors (Lipinski definition) is 2. The molecule has 0 saturated carbocycles. The van der Waals surface area contributed by atoms with Gasteiger partial charge in [0.25, 0.3) is 0 Å². The Kier molecular flexibility index (Phi) is 4.58. The van der Waals surface area contributed by atoms with E-state index in [0.29, 0.717) is 0 Å². The molecule has 0 spiro atoms. The highest BCUT2D eigenvalue weighted by molar-refractivity contribution is 6.12. The number of rotatable bonds is 3. The van der Waals surface area contributed by atoms with Gasteiger partial charge in [-0.3, -0.25) is 5.41 Å². The van der Waals surface area contributed by atoms with E-state index in [-0.39, 0.29) is 5.84 Å². The molecular formula is C33H24N2O. The molecule has 1 aliphatic carbocycles. The normalized spacial score (nSPS) is 13.9. The van der Waals surface area contributed by atoms with E-state index in [1.54, 1.807) is 0 Å². The van der Waals surface area contributed by atoms with Crippen LogP contribution in [0.1, 0.15) is 18.4 Å². The first-order valence-electron chi connectivity index (χ1n) is 12.3. The topological polar surface area (TPSA) is 63.0 Å². The van der Waals surface area contributed by atoms with Crippen LogP contribution in [0.15, 0.2) is 113 Å². The van der Waals surface area contributed by atoms with Crippen molar-refractivity contribution in [1.82, 2.24) is 0 Å². The van der Waals surface area contributed by atoms with E-state index in [4.69, 9.17) is 15.6 Å². The van der Waals surface area contributed by atoms with Crippen LogP contribution in [0.5, 0.6) is 0 Å². The Bertz CT molecular complexity index is 1920.